The largest absolute Gasteiger partial charge is 0.497 e. The number of rotatable bonds is 3. The highest BCUT2D eigenvalue weighted by Crippen LogP contribution is 2.53. The third-order valence-corrected chi connectivity index (χ3v) is 5.55. The molecule has 0 saturated heterocycles. The highest BCUT2D eigenvalue weighted by Gasteiger charge is 2.53. The van der Waals surface area contributed by atoms with Gasteiger partial charge in [0, 0.05) is 16.6 Å². The molecule has 0 radical (unpaired) electrons. The standard InChI is InChI=1S/C18H22N2O3/c1-22-11-4-5-14-13(10-11)12-6-9-19-16(15(12)20-14)18(7-3-8-18)17(21)23-2/h4-5,10,16,19-20H,3,6-9H2,1-2H3. The quantitative estimate of drug-likeness (QED) is 0.855. The smallest absolute Gasteiger partial charge is 0.313 e. The predicted molar refractivity (Wildman–Crippen MR) is 87.6 cm³/mol. The van der Waals surface area contributed by atoms with E-state index in [0.29, 0.717) is 0 Å². The van der Waals surface area contributed by atoms with Gasteiger partial charge >= 0.3 is 5.97 Å². The molecule has 2 aliphatic rings. The molecule has 1 aromatic heterocycles. The van der Waals surface area contributed by atoms with Crippen molar-refractivity contribution >= 4 is 16.9 Å². The van der Waals surface area contributed by atoms with Crippen LogP contribution in [0.1, 0.15) is 36.6 Å². The predicted octanol–water partition coefficient (Wildman–Crippen LogP) is 2.71. The first kappa shape index (κ1) is 14.6. The Balaban J connectivity index is 1.84. The van der Waals surface area contributed by atoms with E-state index in [4.69, 9.17) is 9.47 Å². The maximum absolute atomic E-state index is 12.4. The molecule has 1 atom stereocenters. The van der Waals surface area contributed by atoms with E-state index in [2.05, 4.69) is 22.4 Å². The fourth-order valence-electron chi connectivity index (χ4n) is 4.18. The number of hydrogen-bond acceptors (Lipinski definition) is 4. The van der Waals surface area contributed by atoms with Gasteiger partial charge in [0.25, 0.3) is 0 Å². The van der Waals surface area contributed by atoms with Gasteiger partial charge in [-0.25, -0.2) is 0 Å². The van der Waals surface area contributed by atoms with Gasteiger partial charge in [-0.1, -0.05) is 6.42 Å². The summed E-state index contributed by atoms with van der Waals surface area (Å²) in [6.07, 6.45) is 3.80. The lowest BCUT2D eigenvalue weighted by Crippen LogP contribution is -2.51. The molecule has 1 aliphatic heterocycles. The van der Waals surface area contributed by atoms with Crippen LogP contribution in [0, 0.1) is 5.41 Å². The number of carbonyl (C=O) groups excluding carboxylic acids is 1. The Bertz CT molecular complexity index is 761. The zero-order valence-electron chi connectivity index (χ0n) is 13.6. The number of H-pyrrole nitrogens is 1. The monoisotopic (exact) mass is 314 g/mol. The Morgan fingerprint density at radius 1 is 1.30 bits per heavy atom. The van der Waals surface area contributed by atoms with Crippen LogP contribution in [-0.2, 0) is 16.0 Å². The summed E-state index contributed by atoms with van der Waals surface area (Å²) >= 11 is 0. The van der Waals surface area contributed by atoms with Crippen LogP contribution in [0.25, 0.3) is 10.9 Å². The van der Waals surface area contributed by atoms with Crippen molar-refractivity contribution < 1.29 is 14.3 Å². The van der Waals surface area contributed by atoms with Crippen molar-refractivity contribution in [3.63, 3.8) is 0 Å². The molecular weight excluding hydrogens is 292 g/mol. The van der Waals surface area contributed by atoms with E-state index in [1.54, 1.807) is 7.11 Å². The molecule has 0 bridgehead atoms. The Labute approximate surface area is 135 Å². The average molecular weight is 314 g/mol. The minimum absolute atomic E-state index is 0.00541. The number of hydrogen-bond donors (Lipinski definition) is 2. The second-order valence-electron chi connectivity index (χ2n) is 6.57. The summed E-state index contributed by atoms with van der Waals surface area (Å²) < 4.78 is 10.5. The number of aromatic nitrogens is 1. The molecule has 1 fully saturated rings. The number of benzene rings is 1. The summed E-state index contributed by atoms with van der Waals surface area (Å²) in [4.78, 5) is 16.0. The van der Waals surface area contributed by atoms with Crippen LogP contribution in [0.2, 0.25) is 0 Å². The summed E-state index contributed by atoms with van der Waals surface area (Å²) in [6.45, 7) is 0.876. The lowest BCUT2D eigenvalue weighted by Gasteiger charge is -2.46. The van der Waals surface area contributed by atoms with Gasteiger partial charge in [-0.05, 0) is 49.6 Å². The van der Waals surface area contributed by atoms with E-state index < -0.39 is 5.41 Å². The van der Waals surface area contributed by atoms with E-state index in [0.717, 1.165) is 49.2 Å². The molecule has 1 aromatic carbocycles. The first-order valence-electron chi connectivity index (χ1n) is 8.20. The number of nitrogens with one attached hydrogen (secondary N) is 2. The van der Waals surface area contributed by atoms with Crippen LogP contribution in [0.15, 0.2) is 18.2 Å². The van der Waals surface area contributed by atoms with E-state index in [1.807, 2.05) is 6.07 Å². The van der Waals surface area contributed by atoms with Gasteiger partial charge in [-0.2, -0.15) is 0 Å². The number of methoxy groups -OCH3 is 2. The van der Waals surface area contributed by atoms with Gasteiger partial charge < -0.3 is 19.8 Å². The lowest BCUT2D eigenvalue weighted by atomic mass is 9.62. The topological polar surface area (TPSA) is 63.3 Å². The maximum atomic E-state index is 12.4. The van der Waals surface area contributed by atoms with E-state index in [-0.39, 0.29) is 12.0 Å². The molecule has 2 aromatic rings. The number of esters is 1. The second-order valence-corrected chi connectivity index (χ2v) is 6.57. The molecule has 1 unspecified atom stereocenters. The summed E-state index contributed by atoms with van der Waals surface area (Å²) in [5, 5.41) is 4.76. The second kappa shape index (κ2) is 5.27. The van der Waals surface area contributed by atoms with Gasteiger partial charge in [-0.15, -0.1) is 0 Å². The number of fused-ring (bicyclic) bond motifs is 3. The highest BCUT2D eigenvalue weighted by atomic mass is 16.5. The summed E-state index contributed by atoms with van der Waals surface area (Å²) in [5.74, 6) is 0.769. The van der Waals surface area contributed by atoms with Crippen LogP contribution < -0.4 is 10.1 Å². The average Bonchev–Trinajstić information content (AvgIpc) is 2.92. The molecule has 5 heteroatoms. The molecule has 1 saturated carbocycles. The zero-order chi connectivity index (χ0) is 16.0. The maximum Gasteiger partial charge on any atom is 0.313 e. The first-order valence-corrected chi connectivity index (χ1v) is 8.20. The van der Waals surface area contributed by atoms with Crippen LogP contribution in [0.5, 0.6) is 5.75 Å². The fraction of sp³-hybridized carbons (Fsp3) is 0.500. The van der Waals surface area contributed by atoms with E-state index >= 15 is 0 Å². The highest BCUT2D eigenvalue weighted by molar-refractivity contribution is 5.87. The molecular formula is C18H22N2O3. The summed E-state index contributed by atoms with van der Waals surface area (Å²) in [5.41, 5.74) is 3.13. The van der Waals surface area contributed by atoms with Crippen molar-refractivity contribution in [2.75, 3.05) is 20.8 Å². The van der Waals surface area contributed by atoms with E-state index in [9.17, 15) is 4.79 Å². The van der Waals surface area contributed by atoms with Crippen LogP contribution in [0.4, 0.5) is 0 Å². The van der Waals surface area contributed by atoms with Crippen molar-refractivity contribution in [2.24, 2.45) is 5.41 Å². The van der Waals surface area contributed by atoms with Crippen molar-refractivity contribution in [1.29, 1.82) is 0 Å². The number of ether oxygens (including phenoxy) is 2. The molecule has 2 heterocycles. The molecule has 0 amide bonds. The van der Waals surface area contributed by atoms with E-state index in [1.165, 1.54) is 18.1 Å². The molecule has 122 valence electrons. The van der Waals surface area contributed by atoms with Gasteiger partial charge in [0.05, 0.1) is 25.7 Å². The lowest BCUT2D eigenvalue weighted by molar-refractivity contribution is -0.162. The molecule has 1 aliphatic carbocycles. The first-order chi connectivity index (χ1) is 11.2. The molecule has 0 spiro atoms. The van der Waals surface area contributed by atoms with Gasteiger partial charge in [-0.3, -0.25) is 4.79 Å². The number of aromatic amines is 1. The Morgan fingerprint density at radius 2 is 2.13 bits per heavy atom. The van der Waals surface area contributed by atoms with Crippen LogP contribution in [-0.4, -0.2) is 31.7 Å². The summed E-state index contributed by atoms with van der Waals surface area (Å²) in [6, 6.07) is 6.10. The summed E-state index contributed by atoms with van der Waals surface area (Å²) in [7, 11) is 3.17. The Kier molecular flexibility index (Phi) is 3.34. The molecule has 5 nitrogen and oxygen atoms in total. The van der Waals surface area contributed by atoms with Crippen molar-refractivity contribution in [1.82, 2.24) is 10.3 Å². The van der Waals surface area contributed by atoms with Crippen LogP contribution in [0.3, 0.4) is 0 Å². The fourth-order valence-corrected chi connectivity index (χ4v) is 4.18. The molecule has 4 rings (SSSR count). The molecule has 23 heavy (non-hydrogen) atoms. The minimum Gasteiger partial charge on any atom is -0.497 e. The van der Waals surface area contributed by atoms with Crippen molar-refractivity contribution in [3.8, 4) is 5.75 Å². The SMILES string of the molecule is COC(=O)C1(C2NCCc3c2[nH]c2ccc(OC)cc32)CCC1. The Hall–Kier alpha value is -2.01. The molecule has 2 N–H and O–H groups in total. The minimum atomic E-state index is -0.422. The zero-order valence-corrected chi connectivity index (χ0v) is 13.6. The van der Waals surface area contributed by atoms with Crippen molar-refractivity contribution in [3.05, 3.63) is 29.5 Å². The third-order valence-electron chi connectivity index (χ3n) is 5.55. The van der Waals surface area contributed by atoms with Crippen molar-refractivity contribution in [2.45, 2.75) is 31.7 Å². The number of carbonyl (C=O) groups is 1. The van der Waals surface area contributed by atoms with Gasteiger partial charge in [0.1, 0.15) is 5.75 Å². The Morgan fingerprint density at radius 3 is 2.78 bits per heavy atom. The van der Waals surface area contributed by atoms with Gasteiger partial charge in [0.2, 0.25) is 0 Å². The normalized spacial score (nSPS) is 22.3. The van der Waals surface area contributed by atoms with Gasteiger partial charge in [0.15, 0.2) is 0 Å². The third kappa shape index (κ3) is 1.99. The van der Waals surface area contributed by atoms with Crippen LogP contribution >= 0.6 is 0 Å².